The number of rotatable bonds is 10. The van der Waals surface area contributed by atoms with Crippen LogP contribution in [0.2, 0.25) is 5.02 Å². The molecule has 1 N–H and O–H groups in total. The Bertz CT molecular complexity index is 1490. The summed E-state index contributed by atoms with van der Waals surface area (Å²) in [6.07, 6.45) is 1.00. The number of carbonyl (C=O) groups excluding carboxylic acids is 1. The van der Waals surface area contributed by atoms with E-state index in [1.54, 1.807) is 16.4 Å². The second-order valence-electron chi connectivity index (χ2n) is 9.09. The minimum Gasteiger partial charge on any atom is -0.489 e. The molecule has 4 aromatic rings. The Morgan fingerprint density at radius 2 is 1.85 bits per heavy atom. The van der Waals surface area contributed by atoms with Gasteiger partial charge >= 0.3 is 5.97 Å². The van der Waals surface area contributed by atoms with Crippen LogP contribution in [0, 0.1) is 0 Å². The minimum absolute atomic E-state index is 0.173. The van der Waals surface area contributed by atoms with Crippen LogP contribution in [-0.4, -0.2) is 26.5 Å². The molecular formula is C30H29ClN4O3S. The zero-order chi connectivity index (χ0) is 27.2. The van der Waals surface area contributed by atoms with Crippen molar-refractivity contribution in [2.75, 3.05) is 11.1 Å². The summed E-state index contributed by atoms with van der Waals surface area (Å²) in [6.45, 7) is 4.47. The van der Waals surface area contributed by atoms with E-state index >= 15 is 0 Å². The Labute approximate surface area is 237 Å². The fourth-order valence-electron chi connectivity index (χ4n) is 4.31. The number of hydrogen-bond donors (Lipinski definition) is 1. The summed E-state index contributed by atoms with van der Waals surface area (Å²) in [5, 5.41) is 9.34. The fourth-order valence-corrected chi connectivity index (χ4v) is 5.18. The molecule has 0 radical (unpaired) electrons. The van der Waals surface area contributed by atoms with Gasteiger partial charge in [0.1, 0.15) is 25.0 Å². The third-order valence-corrected chi connectivity index (χ3v) is 7.64. The van der Waals surface area contributed by atoms with Crippen LogP contribution in [0.15, 0.2) is 95.3 Å². The van der Waals surface area contributed by atoms with Crippen molar-refractivity contribution >= 4 is 35.3 Å². The molecular weight excluding hydrogens is 532 g/mol. The number of anilines is 1. The lowest BCUT2D eigenvalue weighted by Crippen LogP contribution is -2.29. The number of esters is 1. The molecule has 0 spiro atoms. The maximum atomic E-state index is 13.6. The lowest BCUT2D eigenvalue weighted by atomic mass is 9.95. The van der Waals surface area contributed by atoms with Crippen molar-refractivity contribution in [1.82, 2.24) is 14.8 Å². The molecule has 0 amide bonds. The Morgan fingerprint density at radius 3 is 2.64 bits per heavy atom. The van der Waals surface area contributed by atoms with Crippen LogP contribution in [0.3, 0.4) is 0 Å². The molecule has 39 heavy (non-hydrogen) atoms. The monoisotopic (exact) mass is 560 g/mol. The first-order chi connectivity index (χ1) is 19.0. The molecule has 0 aliphatic carbocycles. The third-order valence-electron chi connectivity index (χ3n) is 6.23. The number of allylic oxidation sites excluding steroid dienone is 1. The number of ether oxygens (including phenoxy) is 2. The van der Waals surface area contributed by atoms with Gasteiger partial charge in [0.2, 0.25) is 11.1 Å². The van der Waals surface area contributed by atoms with Crippen LogP contribution < -0.4 is 10.1 Å². The molecule has 1 aromatic heterocycles. The summed E-state index contributed by atoms with van der Waals surface area (Å²) in [5.74, 6) is 1.72. The Morgan fingerprint density at radius 1 is 1.05 bits per heavy atom. The highest BCUT2D eigenvalue weighted by atomic mass is 35.5. The van der Waals surface area contributed by atoms with Gasteiger partial charge in [-0.15, -0.1) is 5.10 Å². The molecule has 9 heteroatoms. The van der Waals surface area contributed by atoms with E-state index in [0.717, 1.165) is 28.9 Å². The second kappa shape index (κ2) is 12.4. The molecule has 2 heterocycles. The topological polar surface area (TPSA) is 78.3 Å². The van der Waals surface area contributed by atoms with Crippen molar-refractivity contribution in [3.05, 3.63) is 112 Å². The van der Waals surface area contributed by atoms with Gasteiger partial charge in [-0.25, -0.2) is 9.48 Å². The molecule has 0 saturated carbocycles. The van der Waals surface area contributed by atoms with Gasteiger partial charge in [0.05, 0.1) is 5.57 Å². The molecule has 0 bridgehead atoms. The van der Waals surface area contributed by atoms with E-state index in [2.05, 4.69) is 17.2 Å². The summed E-state index contributed by atoms with van der Waals surface area (Å²) in [7, 11) is 0. The maximum absolute atomic E-state index is 13.6. The largest absolute Gasteiger partial charge is 0.489 e. The van der Waals surface area contributed by atoms with E-state index in [1.807, 2.05) is 85.8 Å². The first-order valence-electron chi connectivity index (χ1n) is 12.8. The lowest BCUT2D eigenvalue weighted by molar-refractivity contribution is -0.140. The summed E-state index contributed by atoms with van der Waals surface area (Å²) < 4.78 is 13.6. The Hall–Kier alpha value is -3.75. The van der Waals surface area contributed by atoms with E-state index < -0.39 is 12.0 Å². The molecule has 1 atom stereocenters. The van der Waals surface area contributed by atoms with Gasteiger partial charge in [-0.1, -0.05) is 91.0 Å². The van der Waals surface area contributed by atoms with Gasteiger partial charge in [0.25, 0.3) is 0 Å². The van der Waals surface area contributed by atoms with E-state index in [0.29, 0.717) is 39.8 Å². The highest BCUT2D eigenvalue weighted by Gasteiger charge is 2.35. The fraction of sp³-hybridized carbons (Fsp3) is 0.233. The number of halogens is 1. The molecule has 0 saturated heterocycles. The van der Waals surface area contributed by atoms with Crippen LogP contribution in [0.25, 0.3) is 0 Å². The zero-order valence-corrected chi connectivity index (χ0v) is 23.3. The molecule has 1 aliphatic heterocycles. The molecule has 1 aliphatic rings. The molecule has 0 fully saturated rings. The standard InChI is InChI=1S/C30H29ClN4O3S/c1-3-16-39-30-33-29-32-20(2)26(28(36)38-18-21-10-5-4-6-11-21)27(35(29)34-30)22-13-9-14-24(17-22)37-19-23-12-7-8-15-25(23)31/h4-15,17,27H,3,16,18-19H2,1-2H3,(H,32,33,34). The predicted octanol–water partition coefficient (Wildman–Crippen LogP) is 7.04. The normalized spacial score (nSPS) is 14.5. The minimum atomic E-state index is -0.545. The van der Waals surface area contributed by atoms with Crippen molar-refractivity contribution in [3.63, 3.8) is 0 Å². The number of aromatic nitrogens is 3. The quantitative estimate of drug-likeness (QED) is 0.164. The summed E-state index contributed by atoms with van der Waals surface area (Å²) in [4.78, 5) is 18.2. The van der Waals surface area contributed by atoms with Crippen molar-refractivity contribution < 1.29 is 14.3 Å². The SMILES string of the molecule is CCCSc1nc2n(n1)C(c1cccc(OCc3ccccc3Cl)c1)C(C(=O)OCc1ccccc1)=C(C)N2. The van der Waals surface area contributed by atoms with Gasteiger partial charge in [-0.3, -0.25) is 0 Å². The summed E-state index contributed by atoms with van der Waals surface area (Å²) in [5.41, 5.74) is 3.78. The van der Waals surface area contributed by atoms with Crippen LogP contribution in [0.5, 0.6) is 5.75 Å². The van der Waals surface area contributed by atoms with Gasteiger partial charge < -0.3 is 14.8 Å². The van der Waals surface area contributed by atoms with Crippen molar-refractivity contribution in [2.24, 2.45) is 0 Å². The van der Waals surface area contributed by atoms with E-state index in [1.165, 1.54) is 0 Å². The van der Waals surface area contributed by atoms with Crippen molar-refractivity contribution in [2.45, 2.75) is 44.7 Å². The van der Waals surface area contributed by atoms with Crippen molar-refractivity contribution in [3.8, 4) is 5.75 Å². The average Bonchev–Trinajstić information content (AvgIpc) is 3.36. The second-order valence-corrected chi connectivity index (χ2v) is 10.6. The molecule has 5 rings (SSSR count). The first kappa shape index (κ1) is 26.8. The molecule has 1 unspecified atom stereocenters. The van der Waals surface area contributed by atoms with Crippen LogP contribution >= 0.6 is 23.4 Å². The van der Waals surface area contributed by atoms with Crippen LogP contribution in [-0.2, 0) is 22.7 Å². The summed E-state index contributed by atoms with van der Waals surface area (Å²) >= 11 is 7.90. The maximum Gasteiger partial charge on any atom is 0.338 e. The predicted molar refractivity (Wildman–Crippen MR) is 154 cm³/mol. The average molecular weight is 561 g/mol. The van der Waals surface area contributed by atoms with E-state index in [4.69, 9.17) is 26.2 Å². The van der Waals surface area contributed by atoms with Crippen LogP contribution in [0.1, 0.15) is 43.0 Å². The molecule has 7 nitrogen and oxygen atoms in total. The van der Waals surface area contributed by atoms with E-state index in [9.17, 15) is 4.79 Å². The highest BCUT2D eigenvalue weighted by Crippen LogP contribution is 2.38. The zero-order valence-electron chi connectivity index (χ0n) is 21.8. The summed E-state index contributed by atoms with van der Waals surface area (Å²) in [6, 6.07) is 24.4. The highest BCUT2D eigenvalue weighted by molar-refractivity contribution is 7.99. The number of nitrogens with zero attached hydrogens (tertiary/aromatic N) is 3. The first-order valence-corrected chi connectivity index (χ1v) is 14.1. The van der Waals surface area contributed by atoms with Crippen LogP contribution in [0.4, 0.5) is 5.95 Å². The Kier molecular flexibility index (Phi) is 8.54. The molecule has 200 valence electrons. The van der Waals surface area contributed by atoms with Gasteiger partial charge in [-0.05, 0) is 42.7 Å². The Balaban J connectivity index is 1.46. The smallest absolute Gasteiger partial charge is 0.338 e. The van der Waals surface area contributed by atoms with Gasteiger partial charge in [0, 0.05) is 22.0 Å². The van der Waals surface area contributed by atoms with Crippen molar-refractivity contribution in [1.29, 1.82) is 0 Å². The lowest BCUT2D eigenvalue weighted by Gasteiger charge is -2.28. The third kappa shape index (κ3) is 6.29. The number of carbonyl (C=O) groups is 1. The number of benzene rings is 3. The number of hydrogen-bond acceptors (Lipinski definition) is 7. The van der Waals surface area contributed by atoms with Gasteiger partial charge in [0.15, 0.2) is 0 Å². The number of thioether (sulfide) groups is 1. The molecule has 3 aromatic carbocycles. The van der Waals surface area contributed by atoms with Gasteiger partial charge in [-0.2, -0.15) is 4.98 Å². The van der Waals surface area contributed by atoms with E-state index in [-0.39, 0.29) is 6.61 Å². The number of nitrogens with one attached hydrogen (secondary N) is 1. The number of fused-ring (bicyclic) bond motifs is 1.